The Kier molecular flexibility index (Phi) is 5.49. The summed E-state index contributed by atoms with van der Waals surface area (Å²) in [5.74, 6) is 1.80. The van der Waals surface area contributed by atoms with Crippen molar-refractivity contribution in [2.45, 2.75) is 45.1 Å². The molecule has 0 spiro atoms. The van der Waals surface area contributed by atoms with Crippen molar-refractivity contribution in [2.75, 3.05) is 7.05 Å². The van der Waals surface area contributed by atoms with Gasteiger partial charge in [0.2, 0.25) is 0 Å². The normalized spacial score (nSPS) is 25.9. The second kappa shape index (κ2) is 6.90. The third-order valence-corrected chi connectivity index (χ3v) is 5.20. The van der Waals surface area contributed by atoms with Crippen LogP contribution in [0.15, 0.2) is 24.3 Å². The first-order valence-electron chi connectivity index (χ1n) is 7.17. The monoisotopic (exact) mass is 357 g/mol. The fourth-order valence-corrected chi connectivity index (χ4v) is 3.63. The Morgan fingerprint density at radius 1 is 1.17 bits per heavy atom. The quantitative estimate of drug-likeness (QED) is 0.766. The highest BCUT2D eigenvalue weighted by atomic mass is 127. The van der Waals surface area contributed by atoms with Crippen LogP contribution in [-0.2, 0) is 0 Å². The fraction of sp³-hybridized carbons (Fsp3) is 0.625. The summed E-state index contributed by atoms with van der Waals surface area (Å²) in [6, 6.07) is 9.55. The van der Waals surface area contributed by atoms with Crippen LogP contribution < -0.4 is 5.32 Å². The van der Waals surface area contributed by atoms with Crippen LogP contribution in [-0.4, -0.2) is 7.05 Å². The molecule has 100 valence electrons. The summed E-state index contributed by atoms with van der Waals surface area (Å²) < 4.78 is 1.32. The predicted molar refractivity (Wildman–Crippen MR) is 86.7 cm³/mol. The maximum absolute atomic E-state index is 3.54. The first kappa shape index (κ1) is 14.3. The molecule has 1 nitrogen and oxygen atoms in total. The van der Waals surface area contributed by atoms with Gasteiger partial charge in [0.25, 0.3) is 0 Å². The molecule has 1 aromatic carbocycles. The van der Waals surface area contributed by atoms with Gasteiger partial charge in [0.1, 0.15) is 0 Å². The van der Waals surface area contributed by atoms with Crippen molar-refractivity contribution in [1.29, 1.82) is 0 Å². The molecule has 1 unspecified atom stereocenters. The van der Waals surface area contributed by atoms with Gasteiger partial charge in [-0.2, -0.15) is 0 Å². The summed E-state index contributed by atoms with van der Waals surface area (Å²) in [7, 11) is 2.11. The van der Waals surface area contributed by atoms with E-state index < -0.39 is 0 Å². The lowest BCUT2D eigenvalue weighted by Crippen LogP contribution is -2.28. The average Bonchev–Trinajstić information content (AvgIpc) is 2.42. The standard InChI is InChI=1S/C16H24IN/c1-3-12-4-6-13(7-5-12)16(18-2)14-8-10-15(17)11-9-14/h8-13,16,18H,3-7H2,1-2H3. The van der Waals surface area contributed by atoms with Crippen molar-refractivity contribution in [3.8, 4) is 0 Å². The Labute approximate surface area is 125 Å². The number of halogens is 1. The van der Waals surface area contributed by atoms with Crippen LogP contribution in [0.4, 0.5) is 0 Å². The van der Waals surface area contributed by atoms with E-state index in [9.17, 15) is 0 Å². The molecule has 1 fully saturated rings. The van der Waals surface area contributed by atoms with Gasteiger partial charge in [-0.05, 0) is 72.0 Å². The van der Waals surface area contributed by atoms with E-state index in [1.165, 1.54) is 41.2 Å². The number of rotatable bonds is 4. The molecular formula is C16H24IN. The predicted octanol–water partition coefficient (Wildman–Crippen LogP) is 4.77. The van der Waals surface area contributed by atoms with Crippen molar-refractivity contribution in [3.05, 3.63) is 33.4 Å². The molecule has 1 atom stereocenters. The van der Waals surface area contributed by atoms with Gasteiger partial charge in [0.05, 0.1) is 0 Å². The second-order valence-electron chi connectivity index (χ2n) is 5.51. The SMILES string of the molecule is CCC1CCC(C(NC)c2ccc(I)cc2)CC1. The van der Waals surface area contributed by atoms with Crippen molar-refractivity contribution in [3.63, 3.8) is 0 Å². The lowest BCUT2D eigenvalue weighted by atomic mass is 9.76. The Morgan fingerprint density at radius 2 is 1.78 bits per heavy atom. The van der Waals surface area contributed by atoms with Crippen molar-refractivity contribution < 1.29 is 0 Å². The molecule has 1 aliphatic rings. The zero-order valence-corrected chi connectivity index (χ0v) is 13.6. The van der Waals surface area contributed by atoms with Crippen LogP contribution >= 0.6 is 22.6 Å². The Morgan fingerprint density at radius 3 is 2.28 bits per heavy atom. The second-order valence-corrected chi connectivity index (χ2v) is 6.75. The van der Waals surface area contributed by atoms with Gasteiger partial charge < -0.3 is 5.32 Å². The first-order chi connectivity index (χ1) is 8.74. The van der Waals surface area contributed by atoms with Gasteiger partial charge >= 0.3 is 0 Å². The van der Waals surface area contributed by atoms with Gasteiger partial charge in [-0.25, -0.2) is 0 Å². The number of nitrogens with one attached hydrogen (secondary N) is 1. The summed E-state index contributed by atoms with van der Waals surface area (Å²) in [5.41, 5.74) is 1.46. The minimum absolute atomic E-state index is 0.541. The largest absolute Gasteiger partial charge is 0.313 e. The number of hydrogen-bond acceptors (Lipinski definition) is 1. The maximum atomic E-state index is 3.54. The minimum atomic E-state index is 0.541. The summed E-state index contributed by atoms with van der Waals surface area (Å²) in [6.45, 7) is 2.33. The molecule has 2 heteroatoms. The van der Waals surface area contributed by atoms with Crippen LogP contribution in [0.2, 0.25) is 0 Å². The van der Waals surface area contributed by atoms with E-state index in [0.717, 1.165) is 11.8 Å². The number of benzene rings is 1. The molecule has 0 saturated heterocycles. The van der Waals surface area contributed by atoms with E-state index in [2.05, 4.69) is 66.1 Å². The lowest BCUT2D eigenvalue weighted by Gasteiger charge is -2.33. The topological polar surface area (TPSA) is 12.0 Å². The van der Waals surface area contributed by atoms with E-state index >= 15 is 0 Å². The van der Waals surface area contributed by atoms with E-state index in [1.807, 2.05) is 0 Å². The average molecular weight is 357 g/mol. The van der Waals surface area contributed by atoms with Crippen LogP contribution in [0.5, 0.6) is 0 Å². The highest BCUT2D eigenvalue weighted by Gasteiger charge is 2.26. The minimum Gasteiger partial charge on any atom is -0.313 e. The van der Waals surface area contributed by atoms with Crippen LogP contribution in [0, 0.1) is 15.4 Å². The molecule has 1 saturated carbocycles. The molecule has 0 bridgehead atoms. The molecule has 2 rings (SSSR count). The molecule has 18 heavy (non-hydrogen) atoms. The Hall–Kier alpha value is -0.0900. The van der Waals surface area contributed by atoms with E-state index in [1.54, 1.807) is 0 Å². The molecule has 1 aromatic rings. The van der Waals surface area contributed by atoms with Gasteiger partial charge in [-0.15, -0.1) is 0 Å². The highest BCUT2D eigenvalue weighted by molar-refractivity contribution is 14.1. The van der Waals surface area contributed by atoms with Crippen LogP contribution in [0.1, 0.15) is 50.6 Å². The first-order valence-corrected chi connectivity index (χ1v) is 8.25. The maximum Gasteiger partial charge on any atom is 0.0346 e. The Bertz CT molecular complexity index is 352. The molecule has 0 heterocycles. The molecule has 0 aliphatic heterocycles. The highest BCUT2D eigenvalue weighted by Crippen LogP contribution is 2.37. The summed E-state index contributed by atoms with van der Waals surface area (Å²) in [6.07, 6.45) is 6.97. The Balaban J connectivity index is 2.03. The third-order valence-electron chi connectivity index (χ3n) is 4.48. The molecule has 1 N–H and O–H groups in total. The van der Waals surface area contributed by atoms with Gasteiger partial charge in [0.15, 0.2) is 0 Å². The smallest absolute Gasteiger partial charge is 0.0346 e. The van der Waals surface area contributed by atoms with Gasteiger partial charge in [-0.1, -0.05) is 38.3 Å². The van der Waals surface area contributed by atoms with Crippen LogP contribution in [0.3, 0.4) is 0 Å². The fourth-order valence-electron chi connectivity index (χ4n) is 3.27. The summed E-state index contributed by atoms with van der Waals surface area (Å²) >= 11 is 2.37. The summed E-state index contributed by atoms with van der Waals surface area (Å²) in [5, 5.41) is 3.54. The molecule has 1 aliphatic carbocycles. The molecule has 0 aromatic heterocycles. The van der Waals surface area contributed by atoms with Gasteiger partial charge in [0, 0.05) is 9.61 Å². The molecular weight excluding hydrogens is 333 g/mol. The van der Waals surface area contributed by atoms with E-state index in [0.29, 0.717) is 6.04 Å². The number of hydrogen-bond donors (Lipinski definition) is 1. The van der Waals surface area contributed by atoms with Crippen molar-refractivity contribution >= 4 is 22.6 Å². The third kappa shape index (κ3) is 3.47. The van der Waals surface area contributed by atoms with Gasteiger partial charge in [-0.3, -0.25) is 0 Å². The summed E-state index contributed by atoms with van der Waals surface area (Å²) in [4.78, 5) is 0. The van der Waals surface area contributed by atoms with E-state index in [4.69, 9.17) is 0 Å². The zero-order valence-electron chi connectivity index (χ0n) is 11.5. The van der Waals surface area contributed by atoms with Crippen molar-refractivity contribution in [2.24, 2.45) is 11.8 Å². The lowest BCUT2D eigenvalue weighted by molar-refractivity contribution is 0.224. The zero-order chi connectivity index (χ0) is 13.0. The van der Waals surface area contributed by atoms with E-state index in [-0.39, 0.29) is 0 Å². The van der Waals surface area contributed by atoms with Crippen molar-refractivity contribution in [1.82, 2.24) is 5.32 Å². The molecule has 0 radical (unpaired) electrons. The van der Waals surface area contributed by atoms with Crippen LogP contribution in [0.25, 0.3) is 0 Å². The molecule has 0 amide bonds.